The molecule has 4 nitrogen and oxygen atoms in total. The third-order valence-electron chi connectivity index (χ3n) is 2.10. The summed E-state index contributed by atoms with van der Waals surface area (Å²) in [5.41, 5.74) is -1.94. The number of carbonyl (C=O) groups is 1. The van der Waals surface area contributed by atoms with Crippen LogP contribution in [0.25, 0.3) is 0 Å². The van der Waals surface area contributed by atoms with Gasteiger partial charge < -0.3 is 9.84 Å². The van der Waals surface area contributed by atoms with E-state index in [-0.39, 0.29) is 6.54 Å². The molecule has 0 saturated carbocycles. The van der Waals surface area contributed by atoms with Crippen LogP contribution in [-0.2, 0) is 9.53 Å². The van der Waals surface area contributed by atoms with Crippen molar-refractivity contribution in [2.24, 2.45) is 0 Å². The van der Waals surface area contributed by atoms with Crippen LogP contribution >= 0.6 is 0 Å². The first-order chi connectivity index (χ1) is 7.62. The van der Waals surface area contributed by atoms with Crippen molar-refractivity contribution in [1.82, 2.24) is 4.90 Å². The van der Waals surface area contributed by atoms with Gasteiger partial charge in [-0.3, -0.25) is 4.90 Å². The number of alkyl halides is 3. The molecule has 7 heteroatoms. The van der Waals surface area contributed by atoms with Gasteiger partial charge in [0.15, 0.2) is 5.60 Å². The van der Waals surface area contributed by atoms with Gasteiger partial charge in [0.1, 0.15) is 0 Å². The third-order valence-corrected chi connectivity index (χ3v) is 2.10. The Morgan fingerprint density at radius 3 is 2.24 bits per heavy atom. The quantitative estimate of drug-likeness (QED) is 0.726. The van der Waals surface area contributed by atoms with Crippen LogP contribution in [0.15, 0.2) is 0 Å². The molecule has 1 unspecified atom stereocenters. The molecular weight excluding hydrogens is 239 g/mol. The van der Waals surface area contributed by atoms with Gasteiger partial charge in [-0.05, 0) is 19.9 Å². The van der Waals surface area contributed by atoms with E-state index in [9.17, 15) is 23.1 Å². The Labute approximate surface area is 98.3 Å². The Kier molecular flexibility index (Phi) is 5.91. The summed E-state index contributed by atoms with van der Waals surface area (Å²) in [7, 11) is 1.07. The summed E-state index contributed by atoms with van der Waals surface area (Å²) in [6, 6.07) is 0. The number of nitrogens with zero attached hydrogens (tertiary/aromatic N) is 1. The first kappa shape index (κ1) is 16.2. The van der Waals surface area contributed by atoms with Gasteiger partial charge in [0.25, 0.3) is 0 Å². The van der Waals surface area contributed by atoms with E-state index in [1.165, 1.54) is 0 Å². The molecule has 0 aromatic rings. The van der Waals surface area contributed by atoms with Crippen molar-refractivity contribution in [2.75, 3.05) is 26.7 Å². The van der Waals surface area contributed by atoms with E-state index in [1.807, 2.05) is 0 Å². The maximum absolute atomic E-state index is 12.2. The molecule has 0 aliphatic heterocycles. The van der Waals surface area contributed by atoms with Crippen LogP contribution < -0.4 is 0 Å². The van der Waals surface area contributed by atoms with Crippen LogP contribution in [0.3, 0.4) is 0 Å². The Morgan fingerprint density at radius 1 is 1.35 bits per heavy atom. The molecular formula is C10H18F3NO3. The highest BCUT2D eigenvalue weighted by Crippen LogP contribution is 2.19. The Bertz CT molecular complexity index is 254. The summed E-state index contributed by atoms with van der Waals surface area (Å²) < 4.78 is 41.1. The molecule has 0 rings (SSSR count). The van der Waals surface area contributed by atoms with E-state index >= 15 is 0 Å². The molecule has 0 saturated heterocycles. The number of ether oxygens (including phenoxy) is 1. The first-order valence-electron chi connectivity index (χ1n) is 5.22. The van der Waals surface area contributed by atoms with E-state index in [2.05, 4.69) is 4.74 Å². The molecule has 1 atom stereocenters. The Hall–Kier alpha value is -0.820. The molecule has 0 amide bonds. The van der Waals surface area contributed by atoms with Gasteiger partial charge in [0, 0.05) is 6.54 Å². The Morgan fingerprint density at radius 2 is 1.88 bits per heavy atom. The van der Waals surface area contributed by atoms with Gasteiger partial charge in [0.2, 0.25) is 0 Å². The van der Waals surface area contributed by atoms with E-state index < -0.39 is 30.8 Å². The average Bonchev–Trinajstić information content (AvgIpc) is 2.13. The predicted molar refractivity (Wildman–Crippen MR) is 55.4 cm³/mol. The third kappa shape index (κ3) is 6.48. The highest BCUT2D eigenvalue weighted by Gasteiger charge is 2.37. The molecule has 0 radical (unpaired) electrons. The number of hydrogen-bond donors (Lipinski definition) is 1. The molecule has 0 bridgehead atoms. The van der Waals surface area contributed by atoms with Crippen LogP contribution in [0.5, 0.6) is 0 Å². The maximum atomic E-state index is 12.2. The van der Waals surface area contributed by atoms with Crippen molar-refractivity contribution in [3.8, 4) is 0 Å². The fourth-order valence-corrected chi connectivity index (χ4v) is 1.50. The fraction of sp³-hybridized carbons (Fsp3) is 0.900. The largest absolute Gasteiger partial charge is 0.467 e. The van der Waals surface area contributed by atoms with Crippen molar-refractivity contribution in [2.45, 2.75) is 32.0 Å². The van der Waals surface area contributed by atoms with Crippen LogP contribution in [0.2, 0.25) is 0 Å². The van der Waals surface area contributed by atoms with Crippen molar-refractivity contribution in [1.29, 1.82) is 0 Å². The van der Waals surface area contributed by atoms with E-state index in [0.29, 0.717) is 6.42 Å². The second kappa shape index (κ2) is 6.20. The van der Waals surface area contributed by atoms with E-state index in [4.69, 9.17) is 0 Å². The summed E-state index contributed by atoms with van der Waals surface area (Å²) in [6.07, 6.45) is -3.87. The van der Waals surface area contributed by atoms with Gasteiger partial charge in [-0.1, -0.05) is 6.92 Å². The smallest absolute Gasteiger partial charge is 0.401 e. The number of methoxy groups -OCH3 is 1. The average molecular weight is 257 g/mol. The molecule has 1 N–H and O–H groups in total. The van der Waals surface area contributed by atoms with Crippen molar-refractivity contribution < 1.29 is 27.8 Å². The lowest BCUT2D eigenvalue weighted by atomic mass is 10.1. The zero-order chi connectivity index (χ0) is 13.7. The second-order valence-electron chi connectivity index (χ2n) is 4.09. The zero-order valence-corrected chi connectivity index (χ0v) is 10.2. The normalized spacial score (nSPS) is 15.8. The van der Waals surface area contributed by atoms with Crippen LogP contribution in [0, 0.1) is 0 Å². The molecule has 0 fully saturated rings. The Balaban J connectivity index is 4.58. The van der Waals surface area contributed by atoms with Crippen LogP contribution in [-0.4, -0.2) is 54.5 Å². The summed E-state index contributed by atoms with van der Waals surface area (Å²) >= 11 is 0. The van der Waals surface area contributed by atoms with Gasteiger partial charge in [0.05, 0.1) is 13.7 Å². The summed E-state index contributed by atoms with van der Waals surface area (Å²) in [4.78, 5) is 12.1. The van der Waals surface area contributed by atoms with Crippen LogP contribution in [0.4, 0.5) is 13.2 Å². The van der Waals surface area contributed by atoms with Gasteiger partial charge in [-0.2, -0.15) is 13.2 Å². The maximum Gasteiger partial charge on any atom is 0.401 e. The van der Waals surface area contributed by atoms with E-state index in [0.717, 1.165) is 18.9 Å². The highest BCUT2D eigenvalue weighted by atomic mass is 19.4. The number of aliphatic hydroxyl groups is 1. The molecule has 0 aromatic carbocycles. The lowest BCUT2D eigenvalue weighted by Gasteiger charge is -2.29. The summed E-state index contributed by atoms with van der Waals surface area (Å²) in [5, 5.41) is 9.69. The minimum atomic E-state index is -4.36. The number of halogens is 3. The molecule has 102 valence electrons. The van der Waals surface area contributed by atoms with Gasteiger partial charge in [-0.25, -0.2) is 4.79 Å². The molecule has 0 heterocycles. The highest BCUT2D eigenvalue weighted by molar-refractivity contribution is 5.78. The number of rotatable bonds is 6. The SMILES string of the molecule is CCCN(CC(F)(F)F)CC(C)(O)C(=O)OC. The summed E-state index contributed by atoms with van der Waals surface area (Å²) in [5.74, 6) is -0.944. The van der Waals surface area contributed by atoms with Gasteiger partial charge >= 0.3 is 12.1 Å². The molecule has 0 aliphatic carbocycles. The first-order valence-corrected chi connectivity index (χ1v) is 5.22. The molecule has 17 heavy (non-hydrogen) atoms. The standard InChI is InChI=1S/C10H18F3NO3/c1-4-5-14(7-10(11,12)13)6-9(2,16)8(15)17-3/h16H,4-7H2,1-3H3. The summed E-state index contributed by atoms with van der Waals surface area (Å²) in [6.45, 7) is 1.43. The van der Waals surface area contributed by atoms with Crippen molar-refractivity contribution in [3.63, 3.8) is 0 Å². The van der Waals surface area contributed by atoms with Crippen molar-refractivity contribution >= 4 is 5.97 Å². The number of esters is 1. The molecule has 0 aromatic heterocycles. The van der Waals surface area contributed by atoms with Crippen LogP contribution in [0.1, 0.15) is 20.3 Å². The zero-order valence-electron chi connectivity index (χ0n) is 10.2. The molecule has 0 aliphatic rings. The lowest BCUT2D eigenvalue weighted by molar-refractivity contribution is -0.170. The molecule has 0 spiro atoms. The van der Waals surface area contributed by atoms with Crippen molar-refractivity contribution in [3.05, 3.63) is 0 Å². The second-order valence-corrected chi connectivity index (χ2v) is 4.09. The monoisotopic (exact) mass is 257 g/mol. The minimum absolute atomic E-state index is 0.145. The number of carbonyl (C=O) groups excluding carboxylic acids is 1. The fourth-order valence-electron chi connectivity index (χ4n) is 1.50. The predicted octanol–water partition coefficient (Wildman–Crippen LogP) is 1.18. The van der Waals surface area contributed by atoms with E-state index in [1.54, 1.807) is 6.92 Å². The topological polar surface area (TPSA) is 49.8 Å². The minimum Gasteiger partial charge on any atom is -0.467 e. The lowest BCUT2D eigenvalue weighted by Crippen LogP contribution is -2.49. The van der Waals surface area contributed by atoms with Gasteiger partial charge in [-0.15, -0.1) is 0 Å². The number of hydrogen-bond acceptors (Lipinski definition) is 4.